The van der Waals surface area contributed by atoms with Crippen LogP contribution in [0.3, 0.4) is 0 Å². The van der Waals surface area contributed by atoms with Gasteiger partial charge in [0.2, 0.25) is 0 Å². The van der Waals surface area contributed by atoms with Gasteiger partial charge < -0.3 is 10.1 Å². The monoisotopic (exact) mass is 345 g/mol. The zero-order chi connectivity index (χ0) is 15.5. The first-order chi connectivity index (χ1) is 9.10. The molecule has 6 nitrogen and oxygen atoms in total. The number of ketones is 1. The van der Waals surface area contributed by atoms with Gasteiger partial charge in [-0.25, -0.2) is 4.79 Å². The minimum atomic E-state index is -0.535. The molecule has 7 heteroatoms. The largest absolute Gasteiger partial charge is 0.444 e. The smallest absolute Gasteiger partial charge is 0.407 e. The molecule has 0 unspecified atom stereocenters. The van der Waals surface area contributed by atoms with Crippen LogP contribution in [-0.4, -0.2) is 33.8 Å². The highest BCUT2D eigenvalue weighted by atomic mass is 79.9. The standard InChI is InChI=1S/C13H20BrN3O3/c1-8(7-15-12(19)20-13(3,4)5)17-10(9(2)18)6-11(14)16-17/h6,8H,7H2,1-5H3,(H,15,19)/t8-/m0/s1. The van der Waals surface area contributed by atoms with Gasteiger partial charge in [-0.2, -0.15) is 5.10 Å². The fourth-order valence-electron chi connectivity index (χ4n) is 1.60. The van der Waals surface area contributed by atoms with E-state index in [1.807, 2.05) is 6.92 Å². The van der Waals surface area contributed by atoms with Gasteiger partial charge in [0.1, 0.15) is 15.9 Å². The molecule has 0 saturated carbocycles. The van der Waals surface area contributed by atoms with Crippen LogP contribution in [0.1, 0.15) is 51.1 Å². The van der Waals surface area contributed by atoms with Crippen molar-refractivity contribution in [2.24, 2.45) is 0 Å². The lowest BCUT2D eigenvalue weighted by Crippen LogP contribution is -2.35. The average Bonchev–Trinajstić information content (AvgIpc) is 2.66. The lowest BCUT2D eigenvalue weighted by atomic mass is 10.2. The van der Waals surface area contributed by atoms with E-state index in [4.69, 9.17) is 4.74 Å². The zero-order valence-electron chi connectivity index (χ0n) is 12.4. The topological polar surface area (TPSA) is 73.2 Å². The summed E-state index contributed by atoms with van der Waals surface area (Å²) in [6.07, 6.45) is -0.486. The number of halogens is 1. The van der Waals surface area contributed by atoms with Crippen molar-refractivity contribution in [2.75, 3.05) is 6.54 Å². The third kappa shape index (κ3) is 4.96. The molecule has 0 fully saturated rings. The van der Waals surface area contributed by atoms with E-state index in [0.29, 0.717) is 16.8 Å². The summed E-state index contributed by atoms with van der Waals surface area (Å²) in [5, 5.41) is 6.87. The van der Waals surface area contributed by atoms with Crippen LogP contribution < -0.4 is 5.32 Å². The Hall–Kier alpha value is -1.37. The van der Waals surface area contributed by atoms with Crippen molar-refractivity contribution in [3.8, 4) is 0 Å². The van der Waals surface area contributed by atoms with Gasteiger partial charge in [-0.3, -0.25) is 9.48 Å². The van der Waals surface area contributed by atoms with Crippen LogP contribution in [0.25, 0.3) is 0 Å². The lowest BCUT2D eigenvalue weighted by molar-refractivity contribution is 0.0520. The van der Waals surface area contributed by atoms with Gasteiger partial charge in [0, 0.05) is 19.5 Å². The Labute approximate surface area is 127 Å². The number of hydrogen-bond donors (Lipinski definition) is 1. The van der Waals surface area contributed by atoms with Gasteiger partial charge in [-0.15, -0.1) is 0 Å². The molecule has 1 atom stereocenters. The van der Waals surface area contributed by atoms with Crippen molar-refractivity contribution >= 4 is 27.8 Å². The van der Waals surface area contributed by atoms with Gasteiger partial charge in [0.25, 0.3) is 0 Å². The predicted octanol–water partition coefficient (Wildman–Crippen LogP) is 2.93. The fraction of sp³-hybridized carbons (Fsp3) is 0.615. The summed E-state index contributed by atoms with van der Waals surface area (Å²) in [5.41, 5.74) is -0.0394. The molecule has 0 aliphatic heterocycles. The Kier molecular flexibility index (Phi) is 5.33. The minimum Gasteiger partial charge on any atom is -0.444 e. The number of ether oxygens (including phenoxy) is 1. The first kappa shape index (κ1) is 16.7. The van der Waals surface area contributed by atoms with Crippen molar-refractivity contribution in [1.82, 2.24) is 15.1 Å². The summed E-state index contributed by atoms with van der Waals surface area (Å²) in [6.45, 7) is 9.07. The highest BCUT2D eigenvalue weighted by Gasteiger charge is 2.19. The van der Waals surface area contributed by atoms with Crippen LogP contribution in [0.5, 0.6) is 0 Å². The van der Waals surface area contributed by atoms with Crippen LogP contribution in [0.4, 0.5) is 4.79 Å². The van der Waals surface area contributed by atoms with Crippen molar-refractivity contribution < 1.29 is 14.3 Å². The Morgan fingerprint density at radius 3 is 2.60 bits per heavy atom. The third-order valence-corrected chi connectivity index (χ3v) is 2.81. The molecular formula is C13H20BrN3O3. The normalized spacial score (nSPS) is 12.9. The molecule has 1 amide bonds. The molecule has 1 N–H and O–H groups in total. The number of carbonyl (C=O) groups is 2. The van der Waals surface area contributed by atoms with Crippen LogP contribution in [0.15, 0.2) is 10.7 Å². The van der Waals surface area contributed by atoms with Crippen LogP contribution in [0, 0.1) is 0 Å². The van der Waals surface area contributed by atoms with Crippen molar-refractivity contribution in [3.05, 3.63) is 16.4 Å². The maximum absolute atomic E-state index is 11.6. The van der Waals surface area contributed by atoms with E-state index in [1.165, 1.54) is 6.92 Å². The van der Waals surface area contributed by atoms with E-state index >= 15 is 0 Å². The van der Waals surface area contributed by atoms with Gasteiger partial charge in [0.05, 0.1) is 6.04 Å². The summed E-state index contributed by atoms with van der Waals surface area (Å²) < 4.78 is 7.33. The number of nitrogens with zero attached hydrogens (tertiary/aromatic N) is 2. The Morgan fingerprint density at radius 1 is 1.50 bits per heavy atom. The second-order valence-corrected chi connectivity index (χ2v) is 6.40. The van der Waals surface area contributed by atoms with Crippen LogP contribution in [0.2, 0.25) is 0 Å². The number of aromatic nitrogens is 2. The number of carbonyl (C=O) groups excluding carboxylic acids is 2. The van der Waals surface area contributed by atoms with Crippen LogP contribution in [-0.2, 0) is 4.74 Å². The van der Waals surface area contributed by atoms with E-state index in [0.717, 1.165) is 0 Å². The number of nitrogens with one attached hydrogen (secondary N) is 1. The molecule has 0 aliphatic rings. The molecule has 0 aromatic carbocycles. The summed E-state index contributed by atoms with van der Waals surface area (Å²) in [5.74, 6) is -0.0766. The molecule has 1 rings (SSSR count). The van der Waals surface area contributed by atoms with Gasteiger partial charge in [-0.05, 0) is 43.6 Å². The Balaban J connectivity index is 2.66. The molecule has 1 aromatic heterocycles. The van der Waals surface area contributed by atoms with E-state index in [9.17, 15) is 9.59 Å². The summed E-state index contributed by atoms with van der Waals surface area (Å²) in [6, 6.07) is 1.50. The number of alkyl carbamates (subject to hydrolysis) is 1. The molecular weight excluding hydrogens is 326 g/mol. The molecule has 20 heavy (non-hydrogen) atoms. The number of Topliss-reactive ketones (excluding diaryl/α,β-unsaturated/α-hetero) is 1. The van der Waals surface area contributed by atoms with Gasteiger partial charge in [-0.1, -0.05) is 0 Å². The van der Waals surface area contributed by atoms with Crippen molar-refractivity contribution in [3.63, 3.8) is 0 Å². The molecule has 0 spiro atoms. The Bertz CT molecular complexity index is 505. The number of rotatable bonds is 4. The Morgan fingerprint density at radius 2 is 2.10 bits per heavy atom. The van der Waals surface area contributed by atoms with E-state index < -0.39 is 11.7 Å². The minimum absolute atomic E-state index is 0.0766. The van der Waals surface area contributed by atoms with Crippen LogP contribution >= 0.6 is 15.9 Å². The first-order valence-corrected chi connectivity index (χ1v) is 7.12. The summed E-state index contributed by atoms with van der Waals surface area (Å²) in [7, 11) is 0. The molecule has 0 bridgehead atoms. The van der Waals surface area contributed by atoms with E-state index in [-0.39, 0.29) is 11.8 Å². The average molecular weight is 346 g/mol. The second kappa shape index (κ2) is 6.39. The summed E-state index contributed by atoms with van der Waals surface area (Å²) >= 11 is 3.24. The molecule has 0 aliphatic carbocycles. The van der Waals surface area contributed by atoms with E-state index in [2.05, 4.69) is 26.3 Å². The van der Waals surface area contributed by atoms with E-state index in [1.54, 1.807) is 31.5 Å². The molecule has 0 radical (unpaired) electrons. The third-order valence-electron chi connectivity index (χ3n) is 2.42. The lowest BCUT2D eigenvalue weighted by Gasteiger charge is -2.21. The molecule has 1 aromatic rings. The first-order valence-electron chi connectivity index (χ1n) is 6.33. The maximum Gasteiger partial charge on any atom is 0.407 e. The molecule has 112 valence electrons. The quantitative estimate of drug-likeness (QED) is 0.851. The highest BCUT2D eigenvalue weighted by molar-refractivity contribution is 9.10. The molecule has 0 saturated heterocycles. The van der Waals surface area contributed by atoms with Crippen molar-refractivity contribution in [2.45, 2.75) is 46.3 Å². The molecule has 1 heterocycles. The van der Waals surface area contributed by atoms with Crippen molar-refractivity contribution in [1.29, 1.82) is 0 Å². The predicted molar refractivity (Wildman–Crippen MR) is 78.9 cm³/mol. The second-order valence-electron chi connectivity index (χ2n) is 5.58. The van der Waals surface area contributed by atoms with Gasteiger partial charge in [0.15, 0.2) is 5.78 Å². The van der Waals surface area contributed by atoms with Gasteiger partial charge >= 0.3 is 6.09 Å². The SMILES string of the molecule is CC(=O)c1cc(Br)nn1[C@@H](C)CNC(=O)OC(C)(C)C. The highest BCUT2D eigenvalue weighted by Crippen LogP contribution is 2.16. The summed E-state index contributed by atoms with van der Waals surface area (Å²) in [4.78, 5) is 23.1. The maximum atomic E-state index is 11.6. The number of hydrogen-bond acceptors (Lipinski definition) is 4. The fourth-order valence-corrected chi connectivity index (χ4v) is 1.98. The number of amides is 1. The zero-order valence-corrected chi connectivity index (χ0v) is 13.9.